The van der Waals surface area contributed by atoms with Crippen LogP contribution in [0, 0.1) is 6.92 Å². The maximum atomic E-state index is 9.71. The largest absolute Gasteiger partial charge is 0.395 e. The van der Waals surface area contributed by atoms with Crippen LogP contribution in [0.3, 0.4) is 0 Å². The Bertz CT molecular complexity index is 575. The van der Waals surface area contributed by atoms with Crippen molar-refractivity contribution in [2.45, 2.75) is 52.9 Å². The van der Waals surface area contributed by atoms with E-state index < -0.39 is 0 Å². The first-order valence-corrected chi connectivity index (χ1v) is 8.08. The van der Waals surface area contributed by atoms with Crippen molar-refractivity contribution in [3.05, 3.63) is 53.3 Å². The fraction of sp³-hybridized carbons (Fsp3) is 0.500. The highest BCUT2D eigenvalue weighted by Crippen LogP contribution is 2.17. The second-order valence-electron chi connectivity index (χ2n) is 5.78. The Kier molecular flexibility index (Phi) is 6.16. The molecule has 1 N–H and O–H groups in total. The van der Waals surface area contributed by atoms with Crippen LogP contribution in [0.15, 0.2) is 36.7 Å². The molecule has 0 radical (unpaired) electrons. The SMILES string of the molecule is CCC(CO)N(Cc1cnn(CC)c1)Cc1ccccc1C. The third-order valence-electron chi connectivity index (χ3n) is 4.23. The number of hydrogen-bond acceptors (Lipinski definition) is 3. The minimum absolute atomic E-state index is 0.171. The molecule has 1 atom stereocenters. The van der Waals surface area contributed by atoms with Crippen molar-refractivity contribution < 1.29 is 5.11 Å². The molecule has 1 aromatic heterocycles. The lowest BCUT2D eigenvalue weighted by atomic mass is 10.1. The molecular formula is C18H27N3O. The van der Waals surface area contributed by atoms with E-state index in [0.717, 1.165) is 26.1 Å². The van der Waals surface area contributed by atoms with Crippen LogP contribution in [0.4, 0.5) is 0 Å². The van der Waals surface area contributed by atoms with Gasteiger partial charge in [0.15, 0.2) is 0 Å². The van der Waals surface area contributed by atoms with Crippen LogP contribution >= 0.6 is 0 Å². The summed E-state index contributed by atoms with van der Waals surface area (Å²) >= 11 is 0. The van der Waals surface area contributed by atoms with Gasteiger partial charge in [0.05, 0.1) is 12.8 Å². The number of hydrogen-bond donors (Lipinski definition) is 1. The minimum atomic E-state index is 0.171. The summed E-state index contributed by atoms with van der Waals surface area (Å²) in [5.74, 6) is 0. The standard InChI is InChI=1S/C18H27N3O/c1-4-18(14-22)20(11-16-10-19-21(5-2)12-16)13-17-9-7-6-8-15(17)3/h6-10,12,18,22H,4-5,11,13-14H2,1-3H3. The van der Waals surface area contributed by atoms with E-state index in [2.05, 4.69) is 61.2 Å². The normalized spacial score (nSPS) is 12.8. The van der Waals surface area contributed by atoms with E-state index in [9.17, 15) is 5.11 Å². The van der Waals surface area contributed by atoms with Crippen LogP contribution in [-0.2, 0) is 19.6 Å². The van der Waals surface area contributed by atoms with Crippen LogP contribution in [-0.4, -0.2) is 32.4 Å². The maximum absolute atomic E-state index is 9.71. The summed E-state index contributed by atoms with van der Waals surface area (Å²) in [5, 5.41) is 14.1. The molecule has 120 valence electrons. The third-order valence-corrected chi connectivity index (χ3v) is 4.23. The molecule has 22 heavy (non-hydrogen) atoms. The molecule has 0 fully saturated rings. The second-order valence-corrected chi connectivity index (χ2v) is 5.78. The summed E-state index contributed by atoms with van der Waals surface area (Å²) in [6.07, 6.45) is 4.96. The minimum Gasteiger partial charge on any atom is -0.395 e. The lowest BCUT2D eigenvalue weighted by Gasteiger charge is -2.30. The number of aromatic nitrogens is 2. The fourth-order valence-corrected chi connectivity index (χ4v) is 2.72. The summed E-state index contributed by atoms with van der Waals surface area (Å²) in [6, 6.07) is 8.63. The fourth-order valence-electron chi connectivity index (χ4n) is 2.72. The summed E-state index contributed by atoms with van der Waals surface area (Å²) in [6.45, 7) is 9.09. The molecule has 1 aromatic carbocycles. The number of rotatable bonds is 8. The quantitative estimate of drug-likeness (QED) is 0.815. The molecule has 0 aliphatic rings. The van der Waals surface area contributed by atoms with Crippen molar-refractivity contribution in [1.82, 2.24) is 14.7 Å². The molecule has 0 aliphatic heterocycles. The van der Waals surface area contributed by atoms with Gasteiger partial charge in [0, 0.05) is 37.4 Å². The molecule has 0 aliphatic carbocycles. The second kappa shape index (κ2) is 8.11. The Labute approximate surface area is 133 Å². The van der Waals surface area contributed by atoms with Crippen molar-refractivity contribution in [3.8, 4) is 0 Å². The van der Waals surface area contributed by atoms with Crippen molar-refractivity contribution in [2.24, 2.45) is 0 Å². The molecule has 2 rings (SSSR count). The molecule has 2 aromatic rings. The molecule has 1 unspecified atom stereocenters. The average molecular weight is 301 g/mol. The Morgan fingerprint density at radius 1 is 1.23 bits per heavy atom. The number of aliphatic hydroxyl groups is 1. The molecule has 1 heterocycles. The monoisotopic (exact) mass is 301 g/mol. The summed E-state index contributed by atoms with van der Waals surface area (Å²) in [5.41, 5.74) is 3.81. The first-order chi connectivity index (χ1) is 10.7. The molecule has 0 amide bonds. The molecular weight excluding hydrogens is 274 g/mol. The van der Waals surface area contributed by atoms with E-state index in [1.165, 1.54) is 16.7 Å². The van der Waals surface area contributed by atoms with Crippen LogP contribution in [0.1, 0.15) is 37.0 Å². The summed E-state index contributed by atoms with van der Waals surface area (Å²) < 4.78 is 1.95. The van der Waals surface area contributed by atoms with Gasteiger partial charge in [-0.05, 0) is 31.4 Å². The van der Waals surface area contributed by atoms with Gasteiger partial charge in [-0.1, -0.05) is 31.2 Å². The van der Waals surface area contributed by atoms with E-state index in [1.807, 2.05) is 10.9 Å². The molecule has 0 bridgehead atoms. The van der Waals surface area contributed by atoms with Gasteiger partial charge in [-0.25, -0.2) is 0 Å². The average Bonchev–Trinajstić information content (AvgIpc) is 2.98. The van der Waals surface area contributed by atoms with Crippen LogP contribution < -0.4 is 0 Å². The van der Waals surface area contributed by atoms with Gasteiger partial charge in [0.1, 0.15) is 0 Å². The Balaban J connectivity index is 2.17. The van der Waals surface area contributed by atoms with E-state index in [0.29, 0.717) is 0 Å². The Hall–Kier alpha value is -1.65. The molecule has 4 nitrogen and oxygen atoms in total. The van der Waals surface area contributed by atoms with Crippen molar-refractivity contribution in [3.63, 3.8) is 0 Å². The zero-order valence-corrected chi connectivity index (χ0v) is 13.9. The van der Waals surface area contributed by atoms with Crippen molar-refractivity contribution >= 4 is 0 Å². The number of nitrogens with zero attached hydrogens (tertiary/aromatic N) is 3. The summed E-state index contributed by atoms with van der Waals surface area (Å²) in [7, 11) is 0. The zero-order chi connectivity index (χ0) is 15.9. The van der Waals surface area contributed by atoms with Gasteiger partial charge < -0.3 is 5.11 Å². The first kappa shape index (κ1) is 16.7. The van der Waals surface area contributed by atoms with E-state index >= 15 is 0 Å². The smallest absolute Gasteiger partial charge is 0.0587 e. The highest BCUT2D eigenvalue weighted by Gasteiger charge is 2.18. The maximum Gasteiger partial charge on any atom is 0.0587 e. The Morgan fingerprint density at radius 3 is 2.59 bits per heavy atom. The molecule has 0 spiro atoms. The molecule has 0 saturated carbocycles. The number of aryl methyl sites for hydroxylation is 2. The molecule has 0 saturated heterocycles. The predicted octanol–water partition coefficient (Wildman–Crippen LogP) is 2.98. The number of aliphatic hydroxyl groups excluding tert-OH is 1. The lowest BCUT2D eigenvalue weighted by Crippen LogP contribution is -2.36. The van der Waals surface area contributed by atoms with Crippen molar-refractivity contribution in [2.75, 3.05) is 6.61 Å². The van der Waals surface area contributed by atoms with E-state index in [1.54, 1.807) is 0 Å². The van der Waals surface area contributed by atoms with Crippen molar-refractivity contribution in [1.29, 1.82) is 0 Å². The number of benzene rings is 1. The van der Waals surface area contributed by atoms with Gasteiger partial charge in [0.25, 0.3) is 0 Å². The van der Waals surface area contributed by atoms with Gasteiger partial charge in [-0.3, -0.25) is 9.58 Å². The predicted molar refractivity (Wildman–Crippen MR) is 89.5 cm³/mol. The molecule has 4 heteroatoms. The Morgan fingerprint density at radius 2 is 2.00 bits per heavy atom. The van der Waals surface area contributed by atoms with Crippen LogP contribution in [0.2, 0.25) is 0 Å². The van der Waals surface area contributed by atoms with Crippen LogP contribution in [0.5, 0.6) is 0 Å². The van der Waals surface area contributed by atoms with Gasteiger partial charge in [0.2, 0.25) is 0 Å². The van der Waals surface area contributed by atoms with Gasteiger partial charge in [-0.2, -0.15) is 5.10 Å². The first-order valence-electron chi connectivity index (χ1n) is 8.08. The lowest BCUT2D eigenvalue weighted by molar-refractivity contribution is 0.106. The van der Waals surface area contributed by atoms with E-state index in [-0.39, 0.29) is 12.6 Å². The highest BCUT2D eigenvalue weighted by molar-refractivity contribution is 5.25. The van der Waals surface area contributed by atoms with Gasteiger partial charge >= 0.3 is 0 Å². The topological polar surface area (TPSA) is 41.3 Å². The zero-order valence-electron chi connectivity index (χ0n) is 13.9. The van der Waals surface area contributed by atoms with E-state index in [4.69, 9.17) is 0 Å². The van der Waals surface area contributed by atoms with Crippen LogP contribution in [0.25, 0.3) is 0 Å². The third kappa shape index (κ3) is 4.18. The summed E-state index contributed by atoms with van der Waals surface area (Å²) in [4.78, 5) is 2.35. The van der Waals surface area contributed by atoms with Gasteiger partial charge in [-0.15, -0.1) is 0 Å². The highest BCUT2D eigenvalue weighted by atomic mass is 16.3.